The van der Waals surface area contributed by atoms with Crippen LogP contribution in [0.3, 0.4) is 0 Å². The minimum atomic E-state index is 0.391. The van der Waals surface area contributed by atoms with E-state index in [1.807, 2.05) is 6.07 Å². The van der Waals surface area contributed by atoms with Crippen molar-refractivity contribution in [3.63, 3.8) is 0 Å². The number of fused-ring (bicyclic) bond motifs is 1. The molecule has 2 rings (SSSR count). The summed E-state index contributed by atoms with van der Waals surface area (Å²) in [4.78, 5) is 0. The van der Waals surface area contributed by atoms with Crippen LogP contribution >= 0.6 is 11.6 Å². The number of hydrogen-bond acceptors (Lipinski definition) is 2. The van der Waals surface area contributed by atoms with E-state index in [1.54, 1.807) is 7.11 Å². The van der Waals surface area contributed by atoms with Gasteiger partial charge in [0, 0.05) is 6.04 Å². The molecule has 1 aliphatic rings. The van der Waals surface area contributed by atoms with Crippen molar-refractivity contribution >= 4 is 11.6 Å². The highest BCUT2D eigenvalue weighted by Gasteiger charge is 2.19. The van der Waals surface area contributed by atoms with Crippen molar-refractivity contribution in [1.29, 1.82) is 0 Å². The maximum absolute atomic E-state index is 6.24. The van der Waals surface area contributed by atoms with Crippen molar-refractivity contribution in [3.05, 3.63) is 28.3 Å². The average molecular weight is 212 g/mol. The van der Waals surface area contributed by atoms with Crippen LogP contribution in [0.2, 0.25) is 5.02 Å². The first-order valence-corrected chi connectivity index (χ1v) is 5.20. The van der Waals surface area contributed by atoms with E-state index in [-0.39, 0.29) is 0 Å². The Labute approximate surface area is 89.2 Å². The van der Waals surface area contributed by atoms with Gasteiger partial charge < -0.3 is 10.1 Å². The predicted molar refractivity (Wildman–Crippen MR) is 58.1 cm³/mol. The molecule has 0 amide bonds. The zero-order chi connectivity index (χ0) is 10.1. The van der Waals surface area contributed by atoms with Gasteiger partial charge in [0.15, 0.2) is 0 Å². The first kappa shape index (κ1) is 9.81. The Morgan fingerprint density at radius 1 is 1.50 bits per heavy atom. The normalized spacial score (nSPS) is 20.4. The molecular formula is C11H14ClNO. The Kier molecular flexibility index (Phi) is 2.66. The summed E-state index contributed by atoms with van der Waals surface area (Å²) >= 11 is 6.24. The minimum absolute atomic E-state index is 0.391. The van der Waals surface area contributed by atoms with Gasteiger partial charge in [-0.25, -0.2) is 0 Å². The third-order valence-corrected chi connectivity index (χ3v) is 3.17. The molecule has 0 radical (unpaired) electrons. The average Bonchev–Trinajstić information content (AvgIpc) is 2.20. The molecule has 0 spiro atoms. The molecule has 0 aromatic heterocycles. The van der Waals surface area contributed by atoms with Crippen molar-refractivity contribution in [1.82, 2.24) is 5.32 Å². The summed E-state index contributed by atoms with van der Waals surface area (Å²) in [6.07, 6.45) is 0.982. The molecular weight excluding hydrogens is 198 g/mol. The van der Waals surface area contributed by atoms with E-state index in [9.17, 15) is 0 Å². The van der Waals surface area contributed by atoms with E-state index in [4.69, 9.17) is 16.3 Å². The van der Waals surface area contributed by atoms with Gasteiger partial charge in [-0.3, -0.25) is 0 Å². The first-order valence-electron chi connectivity index (χ1n) is 4.82. The number of methoxy groups -OCH3 is 1. The number of benzene rings is 1. The standard InChI is InChI=1S/C11H14ClNO/c1-7-8-3-4-10(14-2)11(12)9(8)5-6-13-7/h3-4,7,13H,5-6H2,1-2H3. The van der Waals surface area contributed by atoms with Gasteiger partial charge in [0.2, 0.25) is 0 Å². The van der Waals surface area contributed by atoms with Crippen LogP contribution in [0.5, 0.6) is 5.75 Å². The third-order valence-electron chi connectivity index (χ3n) is 2.76. The van der Waals surface area contributed by atoms with E-state index >= 15 is 0 Å². The van der Waals surface area contributed by atoms with Crippen molar-refractivity contribution in [2.45, 2.75) is 19.4 Å². The van der Waals surface area contributed by atoms with Gasteiger partial charge in [-0.05, 0) is 37.1 Å². The number of ether oxygens (including phenoxy) is 1. The maximum Gasteiger partial charge on any atom is 0.137 e. The van der Waals surface area contributed by atoms with Crippen LogP contribution in [0, 0.1) is 0 Å². The zero-order valence-electron chi connectivity index (χ0n) is 8.43. The van der Waals surface area contributed by atoms with Crippen LogP contribution in [0.1, 0.15) is 24.1 Å². The second-order valence-corrected chi connectivity index (χ2v) is 3.95. The van der Waals surface area contributed by atoms with E-state index in [0.717, 1.165) is 23.7 Å². The summed E-state index contributed by atoms with van der Waals surface area (Å²) in [6.45, 7) is 3.14. The van der Waals surface area contributed by atoms with Gasteiger partial charge in [-0.1, -0.05) is 17.7 Å². The lowest BCUT2D eigenvalue weighted by atomic mass is 9.95. The Morgan fingerprint density at radius 3 is 3.00 bits per heavy atom. The molecule has 0 aliphatic carbocycles. The number of nitrogens with one attached hydrogen (secondary N) is 1. The fourth-order valence-electron chi connectivity index (χ4n) is 1.96. The molecule has 1 N–H and O–H groups in total. The van der Waals surface area contributed by atoms with Gasteiger partial charge in [0.25, 0.3) is 0 Å². The highest BCUT2D eigenvalue weighted by atomic mass is 35.5. The molecule has 1 aromatic rings. The fraction of sp³-hybridized carbons (Fsp3) is 0.455. The first-order chi connectivity index (χ1) is 6.74. The molecule has 0 bridgehead atoms. The molecule has 1 aliphatic heterocycles. The molecule has 0 fully saturated rings. The molecule has 76 valence electrons. The number of halogens is 1. The third kappa shape index (κ3) is 1.49. The highest BCUT2D eigenvalue weighted by Crippen LogP contribution is 2.35. The largest absolute Gasteiger partial charge is 0.495 e. The van der Waals surface area contributed by atoms with Crippen LogP contribution in [0.25, 0.3) is 0 Å². The zero-order valence-corrected chi connectivity index (χ0v) is 9.19. The lowest BCUT2D eigenvalue weighted by Gasteiger charge is -2.25. The monoisotopic (exact) mass is 211 g/mol. The van der Waals surface area contributed by atoms with Crippen molar-refractivity contribution in [3.8, 4) is 5.75 Å². The van der Waals surface area contributed by atoms with E-state index in [1.165, 1.54) is 11.1 Å². The Morgan fingerprint density at radius 2 is 2.29 bits per heavy atom. The maximum atomic E-state index is 6.24. The minimum Gasteiger partial charge on any atom is -0.495 e. The van der Waals surface area contributed by atoms with Gasteiger partial charge in [-0.2, -0.15) is 0 Å². The molecule has 1 unspecified atom stereocenters. The van der Waals surface area contributed by atoms with Gasteiger partial charge >= 0.3 is 0 Å². The van der Waals surface area contributed by atoms with E-state index in [0.29, 0.717) is 6.04 Å². The summed E-state index contributed by atoms with van der Waals surface area (Å²) in [5.74, 6) is 0.777. The lowest BCUT2D eigenvalue weighted by Crippen LogP contribution is -2.27. The Hall–Kier alpha value is -0.730. The van der Waals surface area contributed by atoms with Crippen molar-refractivity contribution in [2.24, 2.45) is 0 Å². The van der Waals surface area contributed by atoms with Crippen LogP contribution in [-0.4, -0.2) is 13.7 Å². The van der Waals surface area contributed by atoms with Crippen molar-refractivity contribution < 1.29 is 4.74 Å². The molecule has 0 saturated heterocycles. The second-order valence-electron chi connectivity index (χ2n) is 3.58. The quantitative estimate of drug-likeness (QED) is 0.771. The van der Waals surface area contributed by atoms with Gasteiger partial charge in [0.05, 0.1) is 12.1 Å². The second kappa shape index (κ2) is 3.79. The topological polar surface area (TPSA) is 21.3 Å². The molecule has 1 heterocycles. The molecule has 1 aromatic carbocycles. The molecule has 2 nitrogen and oxygen atoms in total. The Balaban J connectivity index is 2.52. The predicted octanol–water partition coefficient (Wildman–Crippen LogP) is 2.56. The molecule has 3 heteroatoms. The van der Waals surface area contributed by atoms with Crippen molar-refractivity contribution in [2.75, 3.05) is 13.7 Å². The summed E-state index contributed by atoms with van der Waals surface area (Å²) in [5.41, 5.74) is 2.53. The SMILES string of the molecule is COc1ccc2c(c1Cl)CCNC2C. The van der Waals surface area contributed by atoms with Crippen LogP contribution in [-0.2, 0) is 6.42 Å². The van der Waals surface area contributed by atoms with E-state index in [2.05, 4.69) is 18.3 Å². The van der Waals surface area contributed by atoms with Gasteiger partial charge in [-0.15, -0.1) is 0 Å². The summed E-state index contributed by atoms with van der Waals surface area (Å²) in [7, 11) is 1.65. The molecule has 14 heavy (non-hydrogen) atoms. The van der Waals surface area contributed by atoms with Crippen LogP contribution < -0.4 is 10.1 Å². The Bertz CT molecular complexity index is 351. The summed E-state index contributed by atoms with van der Waals surface area (Å²) < 4.78 is 5.19. The summed E-state index contributed by atoms with van der Waals surface area (Å²) in [5, 5.41) is 4.18. The van der Waals surface area contributed by atoms with Crippen LogP contribution in [0.15, 0.2) is 12.1 Å². The van der Waals surface area contributed by atoms with Gasteiger partial charge in [0.1, 0.15) is 5.75 Å². The number of rotatable bonds is 1. The fourth-order valence-corrected chi connectivity index (χ4v) is 2.30. The highest BCUT2D eigenvalue weighted by molar-refractivity contribution is 6.33. The van der Waals surface area contributed by atoms with Crippen LogP contribution in [0.4, 0.5) is 0 Å². The molecule has 0 saturated carbocycles. The number of hydrogen-bond donors (Lipinski definition) is 1. The summed E-state index contributed by atoms with van der Waals surface area (Å²) in [6, 6.07) is 4.42. The molecule has 1 atom stereocenters. The lowest BCUT2D eigenvalue weighted by molar-refractivity contribution is 0.413. The van der Waals surface area contributed by atoms with E-state index < -0.39 is 0 Å². The smallest absolute Gasteiger partial charge is 0.137 e.